The van der Waals surface area contributed by atoms with Gasteiger partial charge in [0.1, 0.15) is 0 Å². The van der Waals surface area contributed by atoms with Gasteiger partial charge in [0.15, 0.2) is 5.82 Å². The summed E-state index contributed by atoms with van der Waals surface area (Å²) in [5, 5.41) is 3.30. The van der Waals surface area contributed by atoms with Crippen LogP contribution >= 0.6 is 11.6 Å². The molecule has 0 aromatic carbocycles. The number of amides is 1. The van der Waals surface area contributed by atoms with E-state index >= 15 is 0 Å². The van der Waals surface area contributed by atoms with Crippen LogP contribution in [0.1, 0.15) is 19.3 Å². The second-order valence-electron chi connectivity index (χ2n) is 4.67. The molecule has 0 saturated heterocycles. The fourth-order valence-electron chi connectivity index (χ4n) is 2.25. The molecule has 0 unspecified atom stereocenters. The van der Waals surface area contributed by atoms with E-state index < -0.39 is 0 Å². The molecule has 1 aromatic heterocycles. The number of nitrogens with one attached hydrogen (secondary N) is 1. The molecule has 16 heavy (non-hydrogen) atoms. The van der Waals surface area contributed by atoms with Gasteiger partial charge in [0.25, 0.3) is 0 Å². The third kappa shape index (κ3) is 1.92. The van der Waals surface area contributed by atoms with E-state index in [1.165, 1.54) is 12.8 Å². The molecule has 2 aliphatic carbocycles. The number of rotatable bonds is 3. The van der Waals surface area contributed by atoms with Crippen molar-refractivity contribution < 1.29 is 4.79 Å². The summed E-state index contributed by atoms with van der Waals surface area (Å²) in [5.41, 5.74) is 0. The van der Waals surface area contributed by atoms with E-state index in [1.807, 2.05) is 0 Å². The molecule has 2 fully saturated rings. The zero-order valence-corrected chi connectivity index (χ0v) is 9.57. The molecule has 1 amide bonds. The summed E-state index contributed by atoms with van der Waals surface area (Å²) in [5.74, 6) is 2.20. The first kappa shape index (κ1) is 10.1. The zero-order chi connectivity index (χ0) is 11.1. The first-order valence-electron chi connectivity index (χ1n) is 5.67. The number of nitrogens with zero attached hydrogens (tertiary/aromatic N) is 1. The average molecular weight is 237 g/mol. The first-order valence-corrected chi connectivity index (χ1v) is 6.05. The Morgan fingerprint density at radius 2 is 2.31 bits per heavy atom. The predicted molar refractivity (Wildman–Crippen MR) is 62.2 cm³/mol. The minimum absolute atomic E-state index is 0.0810. The molecule has 0 radical (unpaired) electrons. The number of aromatic nitrogens is 1. The quantitative estimate of drug-likeness (QED) is 0.877. The Labute approximate surface area is 99.2 Å². The molecule has 84 valence electrons. The van der Waals surface area contributed by atoms with E-state index in [0.29, 0.717) is 16.8 Å². The van der Waals surface area contributed by atoms with E-state index in [-0.39, 0.29) is 11.8 Å². The molecule has 1 N–H and O–H groups in total. The molecule has 0 spiro atoms. The molecule has 3 nitrogen and oxygen atoms in total. The van der Waals surface area contributed by atoms with Crippen LogP contribution in [0, 0.1) is 17.8 Å². The summed E-state index contributed by atoms with van der Waals surface area (Å²) in [6.07, 6.45) is 5.28. The van der Waals surface area contributed by atoms with E-state index in [9.17, 15) is 4.79 Å². The molecule has 0 bridgehead atoms. The maximum absolute atomic E-state index is 11.9. The monoisotopic (exact) mass is 236 g/mol. The van der Waals surface area contributed by atoms with Crippen molar-refractivity contribution in [2.24, 2.45) is 17.8 Å². The van der Waals surface area contributed by atoms with E-state index in [4.69, 9.17) is 11.6 Å². The van der Waals surface area contributed by atoms with Crippen LogP contribution in [0.2, 0.25) is 5.02 Å². The number of hydrogen-bond acceptors (Lipinski definition) is 2. The van der Waals surface area contributed by atoms with Gasteiger partial charge in [-0.2, -0.15) is 0 Å². The minimum atomic E-state index is 0.0810. The minimum Gasteiger partial charge on any atom is -0.309 e. The maximum atomic E-state index is 11.9. The SMILES string of the molecule is O=C(Nc1ncccc1Cl)[C@@H]1C[C@@H]1C1CC1. The highest BCUT2D eigenvalue weighted by molar-refractivity contribution is 6.33. The molecule has 4 heteroatoms. The Kier molecular flexibility index (Phi) is 2.36. The van der Waals surface area contributed by atoms with E-state index in [0.717, 1.165) is 12.3 Å². The van der Waals surface area contributed by atoms with Gasteiger partial charge in [-0.3, -0.25) is 4.79 Å². The molecule has 3 rings (SSSR count). The number of pyridine rings is 1. The standard InChI is InChI=1S/C12H13ClN2O/c13-10-2-1-5-14-11(10)15-12(16)9-6-8(9)7-3-4-7/h1-2,5,7-9H,3-4,6H2,(H,14,15,16)/t8-,9-/m1/s1. The fraction of sp³-hybridized carbons (Fsp3) is 0.500. The largest absolute Gasteiger partial charge is 0.309 e. The smallest absolute Gasteiger partial charge is 0.228 e. The first-order chi connectivity index (χ1) is 7.75. The molecule has 2 saturated carbocycles. The van der Waals surface area contributed by atoms with Crippen LogP contribution in [0.4, 0.5) is 5.82 Å². The van der Waals surface area contributed by atoms with Crippen molar-refractivity contribution in [1.29, 1.82) is 0 Å². The van der Waals surface area contributed by atoms with Crippen molar-refractivity contribution >= 4 is 23.3 Å². The van der Waals surface area contributed by atoms with Crippen molar-refractivity contribution in [3.8, 4) is 0 Å². The van der Waals surface area contributed by atoms with Gasteiger partial charge in [0.05, 0.1) is 5.02 Å². The lowest BCUT2D eigenvalue weighted by Crippen LogP contribution is -2.16. The summed E-state index contributed by atoms with van der Waals surface area (Å²) in [4.78, 5) is 15.9. The van der Waals surface area contributed by atoms with Crippen LogP contribution in [0.15, 0.2) is 18.3 Å². The van der Waals surface area contributed by atoms with Gasteiger partial charge < -0.3 is 5.32 Å². The Hall–Kier alpha value is -1.09. The van der Waals surface area contributed by atoms with Crippen LogP contribution in [0.5, 0.6) is 0 Å². The number of hydrogen-bond donors (Lipinski definition) is 1. The second-order valence-corrected chi connectivity index (χ2v) is 5.07. The number of carbonyl (C=O) groups is 1. The van der Waals surface area contributed by atoms with Gasteiger partial charge in [-0.25, -0.2) is 4.98 Å². The van der Waals surface area contributed by atoms with Crippen LogP contribution in [0.3, 0.4) is 0 Å². The van der Waals surface area contributed by atoms with Gasteiger partial charge in [0, 0.05) is 12.1 Å². The second kappa shape index (κ2) is 3.74. The highest BCUT2D eigenvalue weighted by Gasteiger charge is 2.51. The Morgan fingerprint density at radius 1 is 1.50 bits per heavy atom. The van der Waals surface area contributed by atoms with Gasteiger partial charge >= 0.3 is 0 Å². The highest BCUT2D eigenvalue weighted by Crippen LogP contribution is 2.54. The van der Waals surface area contributed by atoms with Crippen molar-refractivity contribution in [3.05, 3.63) is 23.4 Å². The fourth-order valence-corrected chi connectivity index (χ4v) is 2.42. The van der Waals surface area contributed by atoms with Crippen molar-refractivity contribution in [3.63, 3.8) is 0 Å². The van der Waals surface area contributed by atoms with E-state index in [2.05, 4.69) is 10.3 Å². The molecule has 0 aliphatic heterocycles. The number of anilines is 1. The Balaban J connectivity index is 1.63. The summed E-state index contributed by atoms with van der Waals surface area (Å²) in [6.45, 7) is 0. The molecule has 2 aliphatic rings. The molecular weight excluding hydrogens is 224 g/mol. The number of halogens is 1. The van der Waals surface area contributed by atoms with Crippen LogP contribution < -0.4 is 5.32 Å². The van der Waals surface area contributed by atoms with E-state index in [1.54, 1.807) is 18.3 Å². The molecule has 1 aromatic rings. The lowest BCUT2D eigenvalue weighted by molar-refractivity contribution is -0.117. The summed E-state index contributed by atoms with van der Waals surface area (Å²) in [6, 6.07) is 3.48. The van der Waals surface area contributed by atoms with Gasteiger partial charge in [-0.05, 0) is 43.2 Å². The summed E-state index contributed by atoms with van der Waals surface area (Å²) < 4.78 is 0. The van der Waals surface area contributed by atoms with Gasteiger partial charge in [-0.1, -0.05) is 11.6 Å². The lowest BCUT2D eigenvalue weighted by Gasteiger charge is -2.04. The number of carbonyl (C=O) groups excluding carboxylic acids is 1. The lowest BCUT2D eigenvalue weighted by atomic mass is 10.2. The average Bonchev–Trinajstić information content (AvgIpc) is 3.14. The Morgan fingerprint density at radius 3 is 3.00 bits per heavy atom. The molecule has 2 atom stereocenters. The third-order valence-electron chi connectivity index (χ3n) is 3.40. The van der Waals surface area contributed by atoms with Gasteiger partial charge in [0.2, 0.25) is 5.91 Å². The Bertz CT molecular complexity index is 431. The molecule has 1 heterocycles. The predicted octanol–water partition coefficient (Wildman–Crippen LogP) is 2.72. The summed E-state index contributed by atoms with van der Waals surface area (Å²) in [7, 11) is 0. The summed E-state index contributed by atoms with van der Waals surface area (Å²) >= 11 is 5.93. The maximum Gasteiger partial charge on any atom is 0.228 e. The normalized spacial score (nSPS) is 27.6. The van der Waals surface area contributed by atoms with Crippen LogP contribution in [0.25, 0.3) is 0 Å². The highest BCUT2D eigenvalue weighted by atomic mass is 35.5. The van der Waals surface area contributed by atoms with Crippen molar-refractivity contribution in [1.82, 2.24) is 4.98 Å². The zero-order valence-electron chi connectivity index (χ0n) is 8.82. The van der Waals surface area contributed by atoms with Crippen molar-refractivity contribution in [2.45, 2.75) is 19.3 Å². The third-order valence-corrected chi connectivity index (χ3v) is 3.71. The van der Waals surface area contributed by atoms with Crippen molar-refractivity contribution in [2.75, 3.05) is 5.32 Å². The topological polar surface area (TPSA) is 42.0 Å². The van der Waals surface area contributed by atoms with Gasteiger partial charge in [-0.15, -0.1) is 0 Å². The van der Waals surface area contributed by atoms with Crippen LogP contribution in [-0.4, -0.2) is 10.9 Å². The van der Waals surface area contributed by atoms with Crippen LogP contribution in [-0.2, 0) is 4.79 Å². The molecular formula is C12H13ClN2O.